The quantitative estimate of drug-likeness (QED) is 0.264. The molecular weight excluding hydrogens is 472 g/mol. The van der Waals surface area contributed by atoms with Crippen LogP contribution in [0.3, 0.4) is 0 Å². The Balaban J connectivity index is 1.38. The number of benzene rings is 2. The van der Waals surface area contributed by atoms with Gasteiger partial charge in [-0.3, -0.25) is 19.3 Å². The first-order valence-corrected chi connectivity index (χ1v) is 13.8. The van der Waals surface area contributed by atoms with Crippen molar-refractivity contribution in [2.75, 3.05) is 18.9 Å². The lowest BCUT2D eigenvalue weighted by molar-refractivity contribution is -0.118. The van der Waals surface area contributed by atoms with Crippen LogP contribution in [0.25, 0.3) is 10.9 Å². The summed E-state index contributed by atoms with van der Waals surface area (Å²) in [6.45, 7) is 1.59. The second kappa shape index (κ2) is 10.7. The molecular formula is C24H28N4O4S2. The van der Waals surface area contributed by atoms with Gasteiger partial charge in [0, 0.05) is 18.0 Å². The lowest BCUT2D eigenvalue weighted by atomic mass is 10.1. The molecule has 0 saturated carbocycles. The highest BCUT2D eigenvalue weighted by Crippen LogP contribution is 2.21. The molecule has 1 amide bonds. The van der Waals surface area contributed by atoms with Gasteiger partial charge in [-0.25, -0.2) is 9.19 Å². The van der Waals surface area contributed by atoms with Crippen LogP contribution in [0.1, 0.15) is 18.4 Å². The minimum atomic E-state index is -2.73. The van der Waals surface area contributed by atoms with Gasteiger partial charge in [0.2, 0.25) is 5.91 Å². The van der Waals surface area contributed by atoms with E-state index in [1.54, 1.807) is 28.8 Å². The summed E-state index contributed by atoms with van der Waals surface area (Å²) in [6.07, 6.45) is 2.49. The smallest absolute Gasteiger partial charge is 0.262 e. The van der Waals surface area contributed by atoms with E-state index in [2.05, 4.69) is 16.2 Å². The van der Waals surface area contributed by atoms with E-state index < -0.39 is 9.71 Å². The van der Waals surface area contributed by atoms with Crippen LogP contribution in [0.4, 0.5) is 0 Å². The third kappa shape index (κ3) is 6.06. The second-order valence-corrected chi connectivity index (χ2v) is 11.1. The number of amides is 1. The van der Waals surface area contributed by atoms with Crippen molar-refractivity contribution in [2.24, 2.45) is 5.14 Å². The van der Waals surface area contributed by atoms with Crippen molar-refractivity contribution in [3.8, 4) is 0 Å². The largest absolute Gasteiger partial charge is 0.376 e. The molecule has 3 aromatic rings. The van der Waals surface area contributed by atoms with Gasteiger partial charge < -0.3 is 10.1 Å². The lowest BCUT2D eigenvalue weighted by Gasteiger charge is -2.16. The van der Waals surface area contributed by atoms with Crippen LogP contribution < -0.4 is 16.0 Å². The predicted molar refractivity (Wildman–Crippen MR) is 137 cm³/mol. The highest BCUT2D eigenvalue weighted by molar-refractivity contribution is 7.99. The first-order chi connectivity index (χ1) is 16.3. The molecule has 2 atom stereocenters. The third-order valence-electron chi connectivity index (χ3n) is 5.63. The number of hydrogen-bond acceptors (Lipinski definition) is 6. The van der Waals surface area contributed by atoms with Gasteiger partial charge in [0.15, 0.2) is 5.16 Å². The first kappa shape index (κ1) is 24.5. The van der Waals surface area contributed by atoms with Crippen LogP contribution in [0, 0.1) is 0 Å². The Labute approximate surface area is 203 Å². The molecule has 1 saturated heterocycles. The number of aromatic nitrogens is 2. The summed E-state index contributed by atoms with van der Waals surface area (Å²) in [4.78, 5) is 30.7. The van der Waals surface area contributed by atoms with Crippen LogP contribution in [-0.2, 0) is 32.2 Å². The van der Waals surface area contributed by atoms with Gasteiger partial charge in [-0.2, -0.15) is 0 Å². The molecule has 10 heteroatoms. The topological polar surface area (TPSA) is 116 Å². The average molecular weight is 501 g/mol. The van der Waals surface area contributed by atoms with Gasteiger partial charge in [-0.15, -0.1) is 0 Å². The number of carbonyl (C=O) groups is 1. The zero-order valence-corrected chi connectivity index (χ0v) is 20.4. The van der Waals surface area contributed by atoms with Crippen molar-refractivity contribution in [1.29, 1.82) is 0 Å². The molecule has 1 aliphatic heterocycles. The Morgan fingerprint density at radius 1 is 1.26 bits per heavy atom. The Morgan fingerprint density at radius 3 is 2.74 bits per heavy atom. The monoisotopic (exact) mass is 500 g/mol. The maximum absolute atomic E-state index is 13.1. The first-order valence-electron chi connectivity index (χ1n) is 11.1. The molecule has 1 aliphatic rings. The number of nitrogens with two attached hydrogens (primary N) is 1. The molecule has 0 aliphatic carbocycles. The van der Waals surface area contributed by atoms with Crippen LogP contribution >= 0.6 is 11.8 Å². The molecule has 0 radical (unpaired) electrons. The van der Waals surface area contributed by atoms with Crippen molar-refractivity contribution in [1.82, 2.24) is 14.9 Å². The predicted octanol–water partition coefficient (Wildman–Crippen LogP) is 1.98. The van der Waals surface area contributed by atoms with Gasteiger partial charge in [0.1, 0.15) is 0 Å². The summed E-state index contributed by atoms with van der Waals surface area (Å²) in [5, 5.41) is 9.52. The van der Waals surface area contributed by atoms with Gasteiger partial charge in [-0.1, -0.05) is 36.0 Å². The summed E-state index contributed by atoms with van der Waals surface area (Å²) in [5.74, 6) is 3.47. The summed E-state index contributed by atoms with van der Waals surface area (Å²) in [6, 6.07) is 14.3. The molecule has 1 aromatic heterocycles. The van der Waals surface area contributed by atoms with E-state index in [4.69, 9.17) is 9.88 Å². The van der Waals surface area contributed by atoms with Crippen molar-refractivity contribution in [3.63, 3.8) is 0 Å². The highest BCUT2D eigenvalue weighted by atomic mass is 32.2. The van der Waals surface area contributed by atoms with Gasteiger partial charge in [0.05, 0.1) is 39.0 Å². The third-order valence-corrected chi connectivity index (χ3v) is 7.67. The number of fused-ring (bicyclic) bond motifs is 1. The molecule has 2 heterocycles. The maximum Gasteiger partial charge on any atom is 0.262 e. The molecule has 3 N–H and O–H groups in total. The number of para-hydroxylation sites is 1. The van der Waals surface area contributed by atoms with Gasteiger partial charge >= 0.3 is 0 Å². The van der Waals surface area contributed by atoms with E-state index in [1.165, 1.54) is 11.8 Å². The molecule has 1 fully saturated rings. The number of nitrogens with zero attached hydrogens (tertiary/aromatic N) is 2. The normalized spacial score (nSPS) is 17.5. The second-order valence-electron chi connectivity index (χ2n) is 8.22. The van der Waals surface area contributed by atoms with E-state index in [-0.39, 0.29) is 23.3 Å². The molecule has 4 rings (SSSR count). The number of carbonyl (C=O) groups excluding carboxylic acids is 1. The molecule has 8 nitrogen and oxygen atoms in total. The van der Waals surface area contributed by atoms with E-state index in [0.29, 0.717) is 47.1 Å². The molecule has 0 bridgehead atoms. The minimum Gasteiger partial charge on any atom is -0.376 e. The fourth-order valence-corrected chi connectivity index (χ4v) is 5.26. The highest BCUT2D eigenvalue weighted by Gasteiger charge is 2.20. The Bertz CT molecular complexity index is 1330. The number of ether oxygens (including phenoxy) is 1. The fraction of sp³-hybridized carbons (Fsp3) is 0.333. The molecule has 2 unspecified atom stereocenters. The lowest BCUT2D eigenvalue weighted by Crippen LogP contribution is -2.30. The molecule has 2 aromatic carbocycles. The summed E-state index contributed by atoms with van der Waals surface area (Å²) in [7, 11) is -2.73. The molecule has 34 heavy (non-hydrogen) atoms. The minimum absolute atomic E-state index is 0.0173. The van der Waals surface area contributed by atoms with E-state index in [9.17, 15) is 13.8 Å². The van der Waals surface area contributed by atoms with Crippen molar-refractivity contribution < 1.29 is 13.7 Å². The summed E-state index contributed by atoms with van der Waals surface area (Å²) < 4.78 is 19.1. The number of nitrogens with one attached hydrogen (secondary N) is 1. The Morgan fingerprint density at radius 2 is 2.03 bits per heavy atom. The summed E-state index contributed by atoms with van der Waals surface area (Å²) in [5.41, 5.74) is 1.49. The van der Waals surface area contributed by atoms with Crippen LogP contribution in [-0.4, -0.2) is 50.5 Å². The maximum atomic E-state index is 13.1. The van der Waals surface area contributed by atoms with Crippen LogP contribution in [0.5, 0.6) is 0 Å². The van der Waals surface area contributed by atoms with Gasteiger partial charge in [-0.05, 0) is 55.0 Å². The fourth-order valence-electron chi connectivity index (χ4n) is 3.82. The van der Waals surface area contributed by atoms with Crippen LogP contribution in [0.15, 0.2) is 63.4 Å². The van der Waals surface area contributed by atoms with Crippen LogP contribution in [0.2, 0.25) is 0 Å². The Kier molecular flexibility index (Phi) is 7.72. The number of hydrogen-bond donors (Lipinski definition) is 2. The van der Waals surface area contributed by atoms with Crippen molar-refractivity contribution in [2.45, 2.75) is 42.0 Å². The average Bonchev–Trinajstić information content (AvgIpc) is 3.33. The molecule has 0 spiro atoms. The van der Waals surface area contributed by atoms with Gasteiger partial charge in [0.25, 0.3) is 5.56 Å². The van der Waals surface area contributed by atoms with E-state index in [0.717, 1.165) is 18.4 Å². The standard InChI is InChI=1S/C24H28N4O4S2/c1-34(25,31)19-10-8-17(9-11-19)12-13-26-22(29)16-33-24-27-21-7-3-2-6-20(21)23(30)28(24)15-18-5-4-14-32-18/h2-3,6-11,18H,1,4-5,12-16H2,(H2,25,31)(H,26,29). The van der Waals surface area contributed by atoms with E-state index >= 15 is 0 Å². The number of thioether (sulfide) groups is 1. The van der Waals surface area contributed by atoms with Crippen molar-refractivity contribution in [3.05, 3.63) is 64.4 Å². The Hall–Kier alpha value is -2.66. The SMILES string of the molecule is C=S(N)(=O)c1ccc(CCNC(=O)CSc2nc3ccccc3c(=O)n2CC2CCCO2)cc1. The number of rotatable bonds is 9. The molecule has 180 valence electrons. The zero-order valence-electron chi connectivity index (χ0n) is 18.8. The zero-order chi connectivity index (χ0) is 24.1. The summed E-state index contributed by atoms with van der Waals surface area (Å²) >= 11 is 1.25. The van der Waals surface area contributed by atoms with Crippen molar-refractivity contribution >= 4 is 44.2 Å². The van der Waals surface area contributed by atoms with E-state index in [1.807, 2.05) is 24.3 Å².